The summed E-state index contributed by atoms with van der Waals surface area (Å²) in [6, 6.07) is 0.137. The van der Waals surface area contributed by atoms with E-state index in [1.807, 2.05) is 0 Å². The lowest BCUT2D eigenvalue weighted by atomic mass is 10.0. The fourth-order valence-corrected chi connectivity index (χ4v) is 3.90. The Balaban J connectivity index is 3.26. The normalized spacial score (nSPS) is 12.5. The molecule has 1 amide bonds. The van der Waals surface area contributed by atoms with Crippen LogP contribution in [0.3, 0.4) is 0 Å². The van der Waals surface area contributed by atoms with Gasteiger partial charge in [0.15, 0.2) is 0 Å². The highest BCUT2D eigenvalue weighted by Crippen LogP contribution is 2.12. The van der Waals surface area contributed by atoms with Crippen molar-refractivity contribution in [3.63, 3.8) is 0 Å². The highest BCUT2D eigenvalue weighted by Gasteiger charge is 2.09. The molecule has 0 aromatic heterocycles. The van der Waals surface area contributed by atoms with Gasteiger partial charge in [0.2, 0.25) is 5.91 Å². The Kier molecular flexibility index (Phi) is 23.8. The molecule has 1 atom stereocenters. The lowest BCUT2D eigenvalue weighted by Gasteiger charge is -2.15. The van der Waals surface area contributed by atoms with Crippen LogP contribution in [0.15, 0.2) is 12.2 Å². The first kappa shape index (κ1) is 29.2. The van der Waals surface area contributed by atoms with Crippen LogP contribution in [0.1, 0.15) is 142 Å². The van der Waals surface area contributed by atoms with Crippen LogP contribution < -0.4 is 5.32 Å². The molecule has 0 saturated carbocycles. The van der Waals surface area contributed by atoms with Gasteiger partial charge >= 0.3 is 0 Å². The van der Waals surface area contributed by atoms with Crippen molar-refractivity contribution >= 4 is 5.91 Å². The first-order valence-corrected chi connectivity index (χ1v) is 13.3. The van der Waals surface area contributed by atoms with Gasteiger partial charge in [-0.15, -0.1) is 0 Å². The Bertz CT molecular complexity index is 381. The first-order chi connectivity index (χ1) is 14.7. The minimum atomic E-state index is 0.137. The van der Waals surface area contributed by atoms with Gasteiger partial charge in [-0.2, -0.15) is 0 Å². The SMILES string of the molecule is CCCCCCCC/C=C\CCCCCCCCCCCC(=O)NC(CC)CCO. The summed E-state index contributed by atoms with van der Waals surface area (Å²) < 4.78 is 0. The zero-order chi connectivity index (χ0) is 22.1. The maximum Gasteiger partial charge on any atom is 0.220 e. The lowest BCUT2D eigenvalue weighted by Crippen LogP contribution is -2.34. The van der Waals surface area contributed by atoms with Gasteiger partial charge in [-0.3, -0.25) is 4.79 Å². The molecule has 30 heavy (non-hydrogen) atoms. The van der Waals surface area contributed by atoms with E-state index in [-0.39, 0.29) is 18.6 Å². The molecular formula is C27H53NO2. The number of carbonyl (C=O) groups is 1. The highest BCUT2D eigenvalue weighted by atomic mass is 16.3. The summed E-state index contributed by atoms with van der Waals surface area (Å²) in [4.78, 5) is 11.9. The molecule has 0 aliphatic heterocycles. The maximum absolute atomic E-state index is 11.9. The lowest BCUT2D eigenvalue weighted by molar-refractivity contribution is -0.122. The molecule has 3 nitrogen and oxygen atoms in total. The third-order valence-electron chi connectivity index (χ3n) is 6.00. The second-order valence-corrected chi connectivity index (χ2v) is 8.93. The number of carbonyl (C=O) groups excluding carboxylic acids is 1. The summed E-state index contributed by atoms with van der Waals surface area (Å²) in [5.41, 5.74) is 0. The van der Waals surface area contributed by atoms with E-state index >= 15 is 0 Å². The molecule has 0 saturated heterocycles. The number of aliphatic hydroxyl groups is 1. The molecule has 0 fully saturated rings. The second-order valence-electron chi connectivity index (χ2n) is 8.93. The van der Waals surface area contributed by atoms with Crippen molar-refractivity contribution in [1.29, 1.82) is 0 Å². The number of unbranched alkanes of at least 4 members (excludes halogenated alkanes) is 15. The second kappa shape index (κ2) is 24.4. The maximum atomic E-state index is 11.9. The molecule has 3 heteroatoms. The van der Waals surface area contributed by atoms with Crippen LogP contribution in [-0.2, 0) is 4.79 Å². The van der Waals surface area contributed by atoms with Crippen LogP contribution in [0.2, 0.25) is 0 Å². The highest BCUT2D eigenvalue weighted by molar-refractivity contribution is 5.76. The predicted octanol–water partition coefficient (Wildman–Crippen LogP) is 7.86. The molecule has 0 radical (unpaired) electrons. The number of hydrogen-bond acceptors (Lipinski definition) is 2. The van der Waals surface area contributed by atoms with Crippen LogP contribution in [0.5, 0.6) is 0 Å². The van der Waals surface area contributed by atoms with E-state index in [1.54, 1.807) is 0 Å². The minimum absolute atomic E-state index is 0.137. The summed E-state index contributed by atoms with van der Waals surface area (Å²) in [7, 11) is 0. The standard InChI is InChI=1S/C27H53NO2/c1-3-5-6-7-8-9-10-11-12-13-14-15-16-17-18-19-20-21-22-23-27(30)28-26(4-2)24-25-29/h11-12,26,29H,3-10,13-25H2,1-2H3,(H,28,30)/b12-11-. The summed E-state index contributed by atoms with van der Waals surface area (Å²) in [5.74, 6) is 0.149. The third-order valence-corrected chi connectivity index (χ3v) is 6.00. The third kappa shape index (κ3) is 21.9. The molecule has 1 unspecified atom stereocenters. The molecular weight excluding hydrogens is 370 g/mol. The molecule has 0 rings (SSSR count). The molecule has 0 bridgehead atoms. The number of hydrogen-bond donors (Lipinski definition) is 2. The van der Waals surface area contributed by atoms with Crippen molar-refractivity contribution in [3.05, 3.63) is 12.2 Å². The van der Waals surface area contributed by atoms with Gasteiger partial charge in [0.05, 0.1) is 0 Å². The Morgan fingerprint density at radius 2 is 1.20 bits per heavy atom. The van der Waals surface area contributed by atoms with E-state index in [9.17, 15) is 4.79 Å². The van der Waals surface area contributed by atoms with Crippen LogP contribution in [-0.4, -0.2) is 23.7 Å². The van der Waals surface area contributed by atoms with Crippen LogP contribution in [0.25, 0.3) is 0 Å². The van der Waals surface area contributed by atoms with E-state index in [2.05, 4.69) is 31.3 Å². The van der Waals surface area contributed by atoms with E-state index in [4.69, 9.17) is 5.11 Å². The van der Waals surface area contributed by atoms with Gasteiger partial charge in [-0.05, 0) is 44.9 Å². The fourth-order valence-electron chi connectivity index (χ4n) is 3.90. The smallest absolute Gasteiger partial charge is 0.220 e. The zero-order valence-corrected chi connectivity index (χ0v) is 20.4. The summed E-state index contributed by atoms with van der Waals surface area (Å²) >= 11 is 0. The molecule has 0 spiro atoms. The number of rotatable bonds is 23. The van der Waals surface area contributed by atoms with Gasteiger partial charge in [-0.25, -0.2) is 0 Å². The van der Waals surface area contributed by atoms with E-state index in [0.717, 1.165) is 19.3 Å². The molecule has 0 aliphatic rings. The quantitative estimate of drug-likeness (QED) is 0.130. The van der Waals surface area contributed by atoms with E-state index in [0.29, 0.717) is 12.8 Å². The van der Waals surface area contributed by atoms with Crippen LogP contribution in [0.4, 0.5) is 0 Å². The van der Waals surface area contributed by atoms with Crippen molar-refractivity contribution in [3.8, 4) is 0 Å². The van der Waals surface area contributed by atoms with Crippen molar-refractivity contribution in [1.82, 2.24) is 5.32 Å². The average molecular weight is 424 g/mol. The summed E-state index contributed by atoms with van der Waals surface area (Å²) in [6.45, 7) is 4.47. The van der Waals surface area contributed by atoms with Gasteiger partial charge in [-0.1, -0.05) is 103 Å². The zero-order valence-electron chi connectivity index (χ0n) is 20.4. The summed E-state index contributed by atoms with van der Waals surface area (Å²) in [6.07, 6.45) is 29.4. The Morgan fingerprint density at radius 1 is 0.733 bits per heavy atom. The van der Waals surface area contributed by atoms with Crippen LogP contribution >= 0.6 is 0 Å². The Morgan fingerprint density at radius 3 is 1.67 bits per heavy atom. The number of allylic oxidation sites excluding steroid dienone is 2. The van der Waals surface area contributed by atoms with E-state index < -0.39 is 0 Å². The molecule has 2 N–H and O–H groups in total. The van der Waals surface area contributed by atoms with Gasteiger partial charge in [0.1, 0.15) is 0 Å². The Labute approximate surface area is 188 Å². The van der Waals surface area contributed by atoms with Crippen molar-refractivity contribution in [2.45, 2.75) is 148 Å². The number of aliphatic hydroxyl groups excluding tert-OH is 1. The van der Waals surface area contributed by atoms with Gasteiger partial charge < -0.3 is 10.4 Å². The largest absolute Gasteiger partial charge is 0.396 e. The predicted molar refractivity (Wildman–Crippen MR) is 132 cm³/mol. The molecule has 0 aromatic rings. The van der Waals surface area contributed by atoms with Crippen molar-refractivity contribution in [2.75, 3.05) is 6.61 Å². The Hall–Kier alpha value is -0.830. The topological polar surface area (TPSA) is 49.3 Å². The van der Waals surface area contributed by atoms with E-state index in [1.165, 1.54) is 96.3 Å². The molecule has 0 heterocycles. The fraction of sp³-hybridized carbons (Fsp3) is 0.889. The monoisotopic (exact) mass is 423 g/mol. The van der Waals surface area contributed by atoms with Gasteiger partial charge in [0.25, 0.3) is 0 Å². The number of amides is 1. The first-order valence-electron chi connectivity index (χ1n) is 13.3. The minimum Gasteiger partial charge on any atom is -0.396 e. The molecule has 0 aromatic carbocycles. The molecule has 178 valence electrons. The summed E-state index contributed by atoms with van der Waals surface area (Å²) in [5, 5.41) is 12.0. The molecule has 0 aliphatic carbocycles. The van der Waals surface area contributed by atoms with Crippen molar-refractivity contribution in [2.24, 2.45) is 0 Å². The average Bonchev–Trinajstić information content (AvgIpc) is 2.75. The number of nitrogens with one attached hydrogen (secondary N) is 1. The van der Waals surface area contributed by atoms with Crippen LogP contribution in [0, 0.1) is 0 Å². The van der Waals surface area contributed by atoms with Gasteiger partial charge in [0, 0.05) is 19.1 Å². The van der Waals surface area contributed by atoms with Crippen molar-refractivity contribution < 1.29 is 9.90 Å².